The van der Waals surface area contributed by atoms with Gasteiger partial charge in [0.05, 0.1) is 30.6 Å². The van der Waals surface area contributed by atoms with E-state index in [0.717, 1.165) is 75.2 Å². The molecule has 1 atom stereocenters. The number of rotatable bonds is 6. The Kier molecular flexibility index (Phi) is 7.41. The summed E-state index contributed by atoms with van der Waals surface area (Å²) in [5.74, 6) is 1.99. The molecule has 4 heterocycles. The van der Waals surface area contributed by atoms with E-state index in [1.165, 1.54) is 4.70 Å². The first-order valence-corrected chi connectivity index (χ1v) is 19.1. The van der Waals surface area contributed by atoms with Crippen LogP contribution in [0, 0.1) is 0 Å². The molecular weight excluding hydrogens is 685 g/mol. The van der Waals surface area contributed by atoms with Gasteiger partial charge in [-0.1, -0.05) is 91.0 Å². The molecule has 1 unspecified atom stereocenters. The van der Waals surface area contributed by atoms with Gasteiger partial charge in [0.2, 0.25) is 0 Å². The van der Waals surface area contributed by atoms with E-state index in [9.17, 15) is 0 Å². The van der Waals surface area contributed by atoms with Gasteiger partial charge in [0.25, 0.3) is 0 Å². The molecule has 0 spiro atoms. The van der Waals surface area contributed by atoms with Crippen molar-refractivity contribution < 1.29 is 0 Å². The van der Waals surface area contributed by atoms with Crippen molar-refractivity contribution in [2.75, 3.05) is 0 Å². The SMILES string of the molecule is C1=CC(c2nc(-c3cccc(-c4nc5ccccc5s4)c3)nc(-c3cccc(-c4nc5ccccc5s4)c3)n2)=CC(c2nc3ccccc3s2)C1. The maximum Gasteiger partial charge on any atom is 0.164 e. The van der Waals surface area contributed by atoms with Crippen LogP contribution in [0.4, 0.5) is 0 Å². The van der Waals surface area contributed by atoms with Crippen LogP contribution in [0.5, 0.6) is 0 Å². The zero-order valence-corrected chi connectivity index (χ0v) is 29.4. The molecule has 1 aliphatic carbocycles. The molecule has 0 saturated heterocycles. The zero-order valence-electron chi connectivity index (χ0n) is 27.0. The molecule has 0 saturated carbocycles. The Hall–Kier alpha value is -5.74. The molecular formula is C42H26N6S3. The Morgan fingerprint density at radius 2 is 0.941 bits per heavy atom. The summed E-state index contributed by atoms with van der Waals surface area (Å²) in [4.78, 5) is 30.2. The number of aromatic nitrogens is 6. The van der Waals surface area contributed by atoms with Crippen LogP contribution in [0.1, 0.15) is 23.2 Å². The quantitative estimate of drug-likeness (QED) is 0.171. The number of hydrogen-bond donors (Lipinski definition) is 0. The standard InChI is InChI=1S/C42H26N6S3/c1-4-19-34-31(16-1)43-40(49-34)28-13-7-10-25(22-28)37-46-38(26-11-8-14-29(23-26)41-44-32-17-2-5-20-35(32)50-41)48-39(47-37)27-12-9-15-30(24-27)42-45-33-18-3-6-21-36(33)51-42/h1-14,16-24,30H,15H2. The number of nitrogens with zero attached hydrogens (tertiary/aromatic N) is 6. The Bertz CT molecular complexity index is 2590. The molecule has 0 fully saturated rings. The fourth-order valence-corrected chi connectivity index (χ4v) is 9.36. The van der Waals surface area contributed by atoms with Crippen LogP contribution in [0.15, 0.2) is 140 Å². The topological polar surface area (TPSA) is 77.3 Å². The van der Waals surface area contributed by atoms with E-state index in [1.807, 2.05) is 18.2 Å². The number of para-hydroxylation sites is 3. The lowest BCUT2D eigenvalue weighted by molar-refractivity contribution is 0.845. The second-order valence-corrected chi connectivity index (χ2v) is 15.5. The minimum Gasteiger partial charge on any atom is -0.241 e. The van der Waals surface area contributed by atoms with Gasteiger partial charge in [-0.2, -0.15) is 0 Å². The molecule has 0 radical (unpaired) electrons. The molecule has 0 bridgehead atoms. The van der Waals surface area contributed by atoms with Crippen molar-refractivity contribution in [3.8, 4) is 43.9 Å². The van der Waals surface area contributed by atoms with Gasteiger partial charge in [-0.15, -0.1) is 34.0 Å². The zero-order chi connectivity index (χ0) is 33.7. The maximum absolute atomic E-state index is 5.12. The fraction of sp³-hybridized carbons (Fsp3) is 0.0476. The van der Waals surface area contributed by atoms with Gasteiger partial charge < -0.3 is 0 Å². The van der Waals surface area contributed by atoms with Crippen LogP contribution in [-0.2, 0) is 0 Å². The number of fused-ring (bicyclic) bond motifs is 3. The smallest absolute Gasteiger partial charge is 0.164 e. The normalized spacial score (nSPS) is 14.4. The van der Waals surface area contributed by atoms with Gasteiger partial charge in [-0.05, 0) is 55.0 Å². The molecule has 242 valence electrons. The number of benzene rings is 5. The number of thiazole rings is 3. The first-order valence-electron chi connectivity index (χ1n) is 16.6. The Morgan fingerprint density at radius 3 is 1.49 bits per heavy atom. The van der Waals surface area contributed by atoms with Gasteiger partial charge in [-0.25, -0.2) is 29.9 Å². The van der Waals surface area contributed by atoms with Crippen molar-refractivity contribution in [2.24, 2.45) is 0 Å². The summed E-state index contributed by atoms with van der Waals surface area (Å²) < 4.78 is 3.52. The summed E-state index contributed by atoms with van der Waals surface area (Å²) in [6, 6.07) is 41.5. The molecule has 1 aliphatic rings. The van der Waals surface area contributed by atoms with Gasteiger partial charge in [0.1, 0.15) is 15.0 Å². The molecule has 0 aliphatic heterocycles. The van der Waals surface area contributed by atoms with Crippen molar-refractivity contribution in [1.82, 2.24) is 29.9 Å². The minimum absolute atomic E-state index is 0.135. The second kappa shape index (κ2) is 12.5. The summed E-state index contributed by atoms with van der Waals surface area (Å²) in [5.41, 5.74) is 7.86. The maximum atomic E-state index is 5.12. The number of hydrogen-bond acceptors (Lipinski definition) is 9. The van der Waals surface area contributed by atoms with Gasteiger partial charge in [0.15, 0.2) is 17.5 Å². The highest BCUT2D eigenvalue weighted by molar-refractivity contribution is 7.22. The third-order valence-electron chi connectivity index (χ3n) is 8.91. The molecule has 0 N–H and O–H groups in total. The molecule has 6 nitrogen and oxygen atoms in total. The monoisotopic (exact) mass is 710 g/mol. The molecule has 9 heteroatoms. The largest absolute Gasteiger partial charge is 0.241 e. The Balaban J connectivity index is 1.09. The average molecular weight is 711 g/mol. The van der Waals surface area contributed by atoms with E-state index >= 15 is 0 Å². The molecule has 10 rings (SSSR count). The van der Waals surface area contributed by atoms with Crippen molar-refractivity contribution in [3.63, 3.8) is 0 Å². The van der Waals surface area contributed by atoms with E-state index in [-0.39, 0.29) is 5.92 Å². The minimum atomic E-state index is 0.135. The number of allylic oxidation sites excluding steroid dienone is 4. The highest BCUT2D eigenvalue weighted by atomic mass is 32.1. The van der Waals surface area contributed by atoms with E-state index < -0.39 is 0 Å². The lowest BCUT2D eigenvalue weighted by Crippen LogP contribution is -2.05. The van der Waals surface area contributed by atoms with Crippen LogP contribution in [0.3, 0.4) is 0 Å². The van der Waals surface area contributed by atoms with Gasteiger partial charge >= 0.3 is 0 Å². The first kappa shape index (κ1) is 30.1. The van der Waals surface area contributed by atoms with Crippen molar-refractivity contribution in [1.29, 1.82) is 0 Å². The van der Waals surface area contributed by atoms with Crippen LogP contribution in [0.25, 0.3) is 80.1 Å². The predicted octanol–water partition coefficient (Wildman–Crippen LogP) is 11.5. The van der Waals surface area contributed by atoms with E-state index in [2.05, 4.69) is 121 Å². The lowest BCUT2D eigenvalue weighted by atomic mass is 9.96. The van der Waals surface area contributed by atoms with Crippen LogP contribution < -0.4 is 0 Å². The van der Waals surface area contributed by atoms with E-state index in [0.29, 0.717) is 17.5 Å². The molecule has 9 aromatic rings. The Morgan fingerprint density at radius 1 is 0.451 bits per heavy atom. The summed E-state index contributed by atoms with van der Waals surface area (Å²) in [5, 5.41) is 3.03. The highest BCUT2D eigenvalue weighted by Gasteiger charge is 2.21. The van der Waals surface area contributed by atoms with Crippen molar-refractivity contribution in [2.45, 2.75) is 12.3 Å². The van der Waals surface area contributed by atoms with Gasteiger partial charge in [0, 0.05) is 33.7 Å². The first-order chi connectivity index (χ1) is 25.2. The highest BCUT2D eigenvalue weighted by Crippen LogP contribution is 2.37. The third-order valence-corrected chi connectivity index (χ3v) is 12.3. The lowest BCUT2D eigenvalue weighted by Gasteiger charge is -2.15. The molecule has 4 aromatic heterocycles. The molecule has 5 aromatic carbocycles. The van der Waals surface area contributed by atoms with Crippen LogP contribution in [-0.4, -0.2) is 29.9 Å². The van der Waals surface area contributed by atoms with Gasteiger partial charge in [-0.3, -0.25) is 0 Å². The average Bonchev–Trinajstić information content (AvgIpc) is 3.95. The van der Waals surface area contributed by atoms with Crippen molar-refractivity contribution in [3.05, 3.63) is 150 Å². The predicted molar refractivity (Wildman–Crippen MR) is 212 cm³/mol. The molecule has 0 amide bonds. The van der Waals surface area contributed by atoms with Crippen LogP contribution in [0.2, 0.25) is 0 Å². The third kappa shape index (κ3) is 5.75. The van der Waals surface area contributed by atoms with E-state index in [4.69, 9.17) is 29.9 Å². The van der Waals surface area contributed by atoms with Crippen LogP contribution >= 0.6 is 34.0 Å². The summed E-state index contributed by atoms with van der Waals surface area (Å²) in [7, 11) is 0. The van der Waals surface area contributed by atoms with E-state index in [1.54, 1.807) is 34.0 Å². The summed E-state index contributed by atoms with van der Waals surface area (Å²) >= 11 is 5.13. The summed E-state index contributed by atoms with van der Waals surface area (Å²) in [6.07, 6.45) is 7.47. The Labute approximate surface area is 305 Å². The fourth-order valence-electron chi connectivity index (χ4n) is 6.39. The van der Waals surface area contributed by atoms with Crippen molar-refractivity contribution >= 4 is 70.2 Å². The summed E-state index contributed by atoms with van der Waals surface area (Å²) in [6.45, 7) is 0. The molecule has 51 heavy (non-hydrogen) atoms. The second-order valence-electron chi connectivity index (χ2n) is 12.3.